The Bertz CT molecular complexity index is 525. The molecule has 0 aliphatic heterocycles. The highest BCUT2D eigenvalue weighted by Crippen LogP contribution is 2.23. The van der Waals surface area contributed by atoms with Gasteiger partial charge >= 0.3 is 5.97 Å². The number of nitrogens with zero attached hydrogens (tertiary/aromatic N) is 1. The van der Waals surface area contributed by atoms with Crippen LogP contribution in [-0.4, -0.2) is 23.4 Å². The van der Waals surface area contributed by atoms with Gasteiger partial charge in [-0.15, -0.1) is 0 Å². The number of benzene rings is 1. The van der Waals surface area contributed by atoms with Crippen LogP contribution >= 0.6 is 0 Å². The van der Waals surface area contributed by atoms with Gasteiger partial charge in [0.15, 0.2) is 5.71 Å². The zero-order chi connectivity index (χ0) is 15.2. The molecule has 0 bridgehead atoms. The second kappa shape index (κ2) is 6.89. The predicted octanol–water partition coefficient (Wildman–Crippen LogP) is 3.47. The van der Waals surface area contributed by atoms with Gasteiger partial charge in [0.25, 0.3) is 0 Å². The zero-order valence-corrected chi connectivity index (χ0v) is 12.4. The Morgan fingerprint density at radius 2 is 2.10 bits per heavy atom. The van der Waals surface area contributed by atoms with E-state index in [0.717, 1.165) is 5.56 Å². The smallest absolute Gasteiger partial charge is 0.353 e. The number of hydrogen-bond donors (Lipinski definition) is 1. The van der Waals surface area contributed by atoms with Crippen LogP contribution in [0, 0.1) is 0 Å². The summed E-state index contributed by atoms with van der Waals surface area (Å²) in [5.74, 6) is -1.08. The van der Waals surface area contributed by atoms with Gasteiger partial charge in [0.2, 0.25) is 0 Å². The average molecular weight is 275 g/mol. The number of oxime groups is 1. The quantitative estimate of drug-likeness (QED) is 0.508. The Morgan fingerprint density at radius 3 is 2.70 bits per heavy atom. The van der Waals surface area contributed by atoms with E-state index in [1.54, 1.807) is 6.08 Å². The van der Waals surface area contributed by atoms with Gasteiger partial charge in [0.05, 0.1) is 0 Å². The lowest BCUT2D eigenvalue weighted by molar-refractivity contribution is -0.129. The van der Waals surface area contributed by atoms with Gasteiger partial charge in [-0.05, 0) is 29.5 Å². The highest BCUT2D eigenvalue weighted by molar-refractivity contribution is 6.34. The molecule has 1 aromatic carbocycles. The maximum Gasteiger partial charge on any atom is 0.353 e. The first-order chi connectivity index (χ1) is 9.30. The third-order valence-corrected chi connectivity index (χ3v) is 2.74. The van der Waals surface area contributed by atoms with Crippen molar-refractivity contribution in [2.45, 2.75) is 33.1 Å². The summed E-state index contributed by atoms with van der Waals surface area (Å²) >= 11 is 0. The second-order valence-electron chi connectivity index (χ2n) is 5.56. The third kappa shape index (κ3) is 5.26. The summed E-state index contributed by atoms with van der Waals surface area (Å²) in [5.41, 5.74) is 2.40. The van der Waals surface area contributed by atoms with Gasteiger partial charge in [-0.1, -0.05) is 56.3 Å². The first-order valence-electron chi connectivity index (χ1n) is 6.47. The lowest BCUT2D eigenvalue weighted by Crippen LogP contribution is -2.10. The van der Waals surface area contributed by atoms with Crippen molar-refractivity contribution in [2.75, 3.05) is 6.61 Å². The molecule has 4 heteroatoms. The van der Waals surface area contributed by atoms with Gasteiger partial charge < -0.3 is 9.94 Å². The average Bonchev–Trinajstić information content (AvgIpc) is 2.37. The summed E-state index contributed by atoms with van der Waals surface area (Å²) in [7, 11) is 0. The molecule has 0 radical (unpaired) electrons. The van der Waals surface area contributed by atoms with Crippen LogP contribution in [0.2, 0.25) is 0 Å². The van der Waals surface area contributed by atoms with Crippen LogP contribution in [0.25, 0.3) is 6.08 Å². The minimum absolute atomic E-state index is 0.0619. The Morgan fingerprint density at radius 1 is 1.40 bits per heavy atom. The number of carboxylic acids is 1. The number of hydrogen-bond acceptors (Lipinski definition) is 3. The van der Waals surface area contributed by atoms with Gasteiger partial charge in [-0.3, -0.25) is 0 Å². The molecule has 0 aliphatic carbocycles. The first-order valence-corrected chi connectivity index (χ1v) is 6.47. The van der Waals surface area contributed by atoms with Crippen LogP contribution in [0.4, 0.5) is 0 Å². The van der Waals surface area contributed by atoms with E-state index in [2.05, 4.69) is 38.1 Å². The molecule has 0 heterocycles. The zero-order valence-electron chi connectivity index (χ0n) is 12.4. The minimum Gasteiger partial charge on any atom is -0.477 e. The van der Waals surface area contributed by atoms with Crippen LogP contribution in [0.1, 0.15) is 38.8 Å². The van der Waals surface area contributed by atoms with Crippen LogP contribution in [-0.2, 0) is 15.0 Å². The molecule has 0 atom stereocenters. The van der Waals surface area contributed by atoms with Gasteiger partial charge in [-0.2, -0.15) is 0 Å². The maximum atomic E-state index is 10.5. The molecule has 1 aromatic rings. The molecule has 0 saturated heterocycles. The Hall–Kier alpha value is -2.10. The molecule has 0 aliphatic rings. The van der Waals surface area contributed by atoms with E-state index in [0.29, 0.717) is 0 Å². The summed E-state index contributed by atoms with van der Waals surface area (Å²) in [6.07, 6.45) is 3.74. The molecule has 4 nitrogen and oxygen atoms in total. The fraction of sp³-hybridized carbons (Fsp3) is 0.375. The van der Waals surface area contributed by atoms with Crippen LogP contribution in [0.5, 0.6) is 0 Å². The fourth-order valence-electron chi connectivity index (χ4n) is 1.51. The van der Waals surface area contributed by atoms with Crippen molar-refractivity contribution < 1.29 is 14.7 Å². The van der Waals surface area contributed by atoms with Gasteiger partial charge in [-0.25, -0.2) is 4.79 Å². The summed E-state index contributed by atoms with van der Waals surface area (Å²) in [4.78, 5) is 15.4. The molecule has 108 valence electrons. The largest absolute Gasteiger partial charge is 0.477 e. The van der Waals surface area contributed by atoms with E-state index >= 15 is 0 Å². The molecule has 0 amide bonds. The topological polar surface area (TPSA) is 58.9 Å². The van der Waals surface area contributed by atoms with Crippen molar-refractivity contribution in [3.8, 4) is 0 Å². The van der Waals surface area contributed by atoms with Crippen molar-refractivity contribution >= 4 is 17.8 Å². The normalized spacial score (nSPS) is 12.7. The molecule has 1 N–H and O–H groups in total. The van der Waals surface area contributed by atoms with Gasteiger partial charge in [0, 0.05) is 0 Å². The number of carboxylic acid groups (broad SMARTS) is 1. The second-order valence-corrected chi connectivity index (χ2v) is 5.56. The predicted molar refractivity (Wildman–Crippen MR) is 80.9 cm³/mol. The van der Waals surface area contributed by atoms with E-state index in [4.69, 9.17) is 9.94 Å². The minimum atomic E-state index is -1.08. The van der Waals surface area contributed by atoms with E-state index in [1.165, 1.54) is 12.5 Å². The lowest BCUT2D eigenvalue weighted by Gasteiger charge is -2.19. The molecule has 0 unspecified atom stereocenters. The van der Waals surface area contributed by atoms with E-state index in [9.17, 15) is 4.79 Å². The molecule has 0 fully saturated rings. The molecular formula is C16H21NO3. The molecule has 0 saturated carbocycles. The molecular weight excluding hydrogens is 254 g/mol. The number of aliphatic carboxylic acids is 1. The van der Waals surface area contributed by atoms with E-state index in [-0.39, 0.29) is 17.7 Å². The standard InChI is InChI=1S/C16H21NO3/c1-12(15(18)19)17-20-10-6-8-13-7-5-9-14(11-13)16(2,3)4/h5-9,11H,10H2,1-4H3,(H,18,19)/b8-6+,17-12-. The lowest BCUT2D eigenvalue weighted by atomic mass is 9.86. The van der Waals surface area contributed by atoms with E-state index in [1.807, 2.05) is 18.2 Å². The van der Waals surface area contributed by atoms with Gasteiger partial charge in [0.1, 0.15) is 6.61 Å². The fourth-order valence-corrected chi connectivity index (χ4v) is 1.51. The molecule has 20 heavy (non-hydrogen) atoms. The Balaban J connectivity index is 2.59. The summed E-state index contributed by atoms with van der Waals surface area (Å²) in [5, 5.41) is 12.1. The number of rotatable bonds is 5. The Labute approximate surface area is 119 Å². The van der Waals surface area contributed by atoms with Crippen molar-refractivity contribution in [2.24, 2.45) is 5.16 Å². The van der Waals surface area contributed by atoms with Crippen LogP contribution < -0.4 is 0 Å². The maximum absolute atomic E-state index is 10.5. The van der Waals surface area contributed by atoms with Crippen LogP contribution in [0.15, 0.2) is 35.5 Å². The first kappa shape index (κ1) is 16.0. The molecule has 0 spiro atoms. The van der Waals surface area contributed by atoms with Crippen molar-refractivity contribution in [1.82, 2.24) is 0 Å². The van der Waals surface area contributed by atoms with Crippen molar-refractivity contribution in [3.63, 3.8) is 0 Å². The highest BCUT2D eigenvalue weighted by atomic mass is 16.6. The van der Waals surface area contributed by atoms with Crippen molar-refractivity contribution in [3.05, 3.63) is 41.5 Å². The highest BCUT2D eigenvalue weighted by Gasteiger charge is 2.12. The Kier molecular flexibility index (Phi) is 5.50. The molecule has 1 rings (SSSR count). The molecule has 0 aromatic heterocycles. The summed E-state index contributed by atoms with van der Waals surface area (Å²) in [6, 6.07) is 8.27. The SMILES string of the molecule is C/C(=N/OC/C=C/c1cccc(C(C)(C)C)c1)C(=O)O. The third-order valence-electron chi connectivity index (χ3n) is 2.74. The monoisotopic (exact) mass is 275 g/mol. The van der Waals surface area contributed by atoms with E-state index < -0.39 is 5.97 Å². The summed E-state index contributed by atoms with van der Waals surface area (Å²) < 4.78 is 0. The number of carbonyl (C=O) groups is 1. The van der Waals surface area contributed by atoms with Crippen LogP contribution in [0.3, 0.4) is 0 Å². The van der Waals surface area contributed by atoms with Crippen molar-refractivity contribution in [1.29, 1.82) is 0 Å². The summed E-state index contributed by atoms with van der Waals surface area (Å²) in [6.45, 7) is 8.14.